The third-order valence-electron chi connectivity index (χ3n) is 3.58. The fourth-order valence-electron chi connectivity index (χ4n) is 2.36. The van der Waals surface area contributed by atoms with Crippen LogP contribution in [0, 0.1) is 13.8 Å². The lowest BCUT2D eigenvalue weighted by Gasteiger charge is -2.09. The Bertz CT molecular complexity index is 575. The maximum absolute atomic E-state index is 6.29. The van der Waals surface area contributed by atoms with Crippen molar-refractivity contribution >= 4 is 11.6 Å². The highest BCUT2D eigenvalue weighted by atomic mass is 35.5. The van der Waals surface area contributed by atoms with Gasteiger partial charge in [-0.2, -0.15) is 5.10 Å². The number of benzene rings is 1. The maximum atomic E-state index is 6.29. The Kier molecular flexibility index (Phi) is 5.21. The molecule has 20 heavy (non-hydrogen) atoms. The van der Waals surface area contributed by atoms with Gasteiger partial charge in [-0.15, -0.1) is 0 Å². The summed E-state index contributed by atoms with van der Waals surface area (Å²) in [5.41, 5.74) is 4.73. The molecule has 2 aromatic rings. The predicted molar refractivity (Wildman–Crippen MR) is 84.2 cm³/mol. The van der Waals surface area contributed by atoms with E-state index in [-0.39, 0.29) is 0 Å². The minimum absolute atomic E-state index is 0.763. The van der Waals surface area contributed by atoms with Gasteiger partial charge in [0.05, 0.1) is 16.4 Å². The predicted octanol–water partition coefficient (Wildman–Crippen LogP) is 3.51. The smallest absolute Gasteiger partial charge is 0.0860 e. The Balaban J connectivity index is 1.89. The van der Waals surface area contributed by atoms with Crippen LogP contribution in [0.4, 0.5) is 0 Å². The second kappa shape index (κ2) is 6.91. The largest absolute Gasteiger partial charge is 0.311 e. The van der Waals surface area contributed by atoms with Crippen molar-refractivity contribution in [3.63, 3.8) is 0 Å². The zero-order valence-corrected chi connectivity index (χ0v) is 13.2. The van der Waals surface area contributed by atoms with E-state index in [4.69, 9.17) is 11.6 Å². The van der Waals surface area contributed by atoms with Crippen LogP contribution in [0.25, 0.3) is 0 Å². The second-order valence-corrected chi connectivity index (χ2v) is 5.39. The number of hydrogen-bond donors (Lipinski definition) is 1. The molecule has 1 aromatic heterocycles. The lowest BCUT2D eigenvalue weighted by atomic mass is 10.1. The summed E-state index contributed by atoms with van der Waals surface area (Å²) in [4.78, 5) is 0. The van der Waals surface area contributed by atoms with Gasteiger partial charge in [0.2, 0.25) is 0 Å². The SMILES string of the molecule is CCn1nc(C)c(Cl)c1CNCCc1ccccc1C. The topological polar surface area (TPSA) is 29.9 Å². The fraction of sp³-hybridized carbons (Fsp3) is 0.438. The molecular formula is C16H22ClN3. The number of hydrogen-bond acceptors (Lipinski definition) is 2. The first-order valence-corrected chi connectivity index (χ1v) is 7.48. The summed E-state index contributed by atoms with van der Waals surface area (Å²) in [7, 11) is 0. The molecule has 0 amide bonds. The molecule has 1 aromatic carbocycles. The molecule has 0 fully saturated rings. The first-order valence-electron chi connectivity index (χ1n) is 7.10. The molecule has 0 aliphatic rings. The van der Waals surface area contributed by atoms with Crippen LogP contribution in [0.2, 0.25) is 5.02 Å². The Morgan fingerprint density at radius 3 is 2.70 bits per heavy atom. The molecular weight excluding hydrogens is 270 g/mol. The number of nitrogens with one attached hydrogen (secondary N) is 1. The van der Waals surface area contributed by atoms with Crippen molar-refractivity contribution in [1.29, 1.82) is 0 Å². The summed E-state index contributed by atoms with van der Waals surface area (Å²) in [5.74, 6) is 0. The lowest BCUT2D eigenvalue weighted by molar-refractivity contribution is 0.580. The third kappa shape index (κ3) is 3.41. The molecule has 1 N–H and O–H groups in total. The standard InChI is InChI=1S/C16H22ClN3/c1-4-20-15(16(17)13(3)19-20)11-18-10-9-14-8-6-5-7-12(14)2/h5-8,18H,4,9-11H2,1-3H3. The van der Waals surface area contributed by atoms with Crippen LogP contribution < -0.4 is 5.32 Å². The number of aromatic nitrogens is 2. The molecule has 0 atom stereocenters. The normalized spacial score (nSPS) is 11.0. The van der Waals surface area contributed by atoms with E-state index in [9.17, 15) is 0 Å². The van der Waals surface area contributed by atoms with Crippen LogP contribution >= 0.6 is 11.6 Å². The summed E-state index contributed by atoms with van der Waals surface area (Å²) in [5, 5.41) is 8.67. The molecule has 0 saturated carbocycles. The minimum atomic E-state index is 0.763. The van der Waals surface area contributed by atoms with Crippen molar-refractivity contribution < 1.29 is 0 Å². The third-order valence-corrected chi connectivity index (χ3v) is 4.07. The van der Waals surface area contributed by atoms with Crippen LogP contribution in [0.3, 0.4) is 0 Å². The van der Waals surface area contributed by atoms with Crippen LogP contribution in [-0.2, 0) is 19.5 Å². The highest BCUT2D eigenvalue weighted by Gasteiger charge is 2.11. The van der Waals surface area contributed by atoms with Gasteiger partial charge in [-0.05, 0) is 44.9 Å². The summed E-state index contributed by atoms with van der Waals surface area (Å²) in [6.07, 6.45) is 1.03. The molecule has 0 bridgehead atoms. The van der Waals surface area contributed by atoms with Gasteiger partial charge in [0.25, 0.3) is 0 Å². The van der Waals surface area contributed by atoms with Gasteiger partial charge in [0, 0.05) is 13.1 Å². The second-order valence-electron chi connectivity index (χ2n) is 5.02. The molecule has 0 radical (unpaired) electrons. The van der Waals surface area contributed by atoms with Crippen molar-refractivity contribution in [3.8, 4) is 0 Å². The van der Waals surface area contributed by atoms with Gasteiger partial charge < -0.3 is 5.32 Å². The maximum Gasteiger partial charge on any atom is 0.0860 e. The first-order chi connectivity index (χ1) is 9.63. The van der Waals surface area contributed by atoms with Crippen molar-refractivity contribution in [2.24, 2.45) is 0 Å². The summed E-state index contributed by atoms with van der Waals surface area (Å²) < 4.78 is 1.97. The summed E-state index contributed by atoms with van der Waals surface area (Å²) in [6, 6.07) is 8.51. The molecule has 0 unspecified atom stereocenters. The molecule has 0 spiro atoms. The monoisotopic (exact) mass is 291 g/mol. The molecule has 0 aliphatic carbocycles. The van der Waals surface area contributed by atoms with E-state index in [0.29, 0.717) is 0 Å². The van der Waals surface area contributed by atoms with E-state index in [1.165, 1.54) is 11.1 Å². The molecule has 0 saturated heterocycles. The van der Waals surface area contributed by atoms with E-state index in [1.54, 1.807) is 0 Å². The van der Waals surface area contributed by atoms with Gasteiger partial charge in [0.1, 0.15) is 0 Å². The molecule has 4 heteroatoms. The zero-order valence-electron chi connectivity index (χ0n) is 12.4. The molecule has 1 heterocycles. The Labute approximate surface area is 126 Å². The average molecular weight is 292 g/mol. The number of halogens is 1. The van der Waals surface area contributed by atoms with Gasteiger partial charge >= 0.3 is 0 Å². The van der Waals surface area contributed by atoms with E-state index < -0.39 is 0 Å². The zero-order chi connectivity index (χ0) is 14.5. The molecule has 108 valence electrons. The van der Waals surface area contributed by atoms with Crippen molar-refractivity contribution in [2.75, 3.05) is 6.54 Å². The van der Waals surface area contributed by atoms with Crippen molar-refractivity contribution in [2.45, 2.75) is 40.3 Å². The van der Waals surface area contributed by atoms with Crippen LogP contribution in [0.5, 0.6) is 0 Å². The Hall–Kier alpha value is -1.32. The van der Waals surface area contributed by atoms with Gasteiger partial charge in [0.15, 0.2) is 0 Å². The van der Waals surface area contributed by atoms with E-state index in [2.05, 4.69) is 48.5 Å². The summed E-state index contributed by atoms with van der Waals surface area (Å²) in [6.45, 7) is 8.74. The number of nitrogens with zero attached hydrogens (tertiary/aromatic N) is 2. The van der Waals surface area contributed by atoms with Gasteiger partial charge in [-0.1, -0.05) is 35.9 Å². The van der Waals surface area contributed by atoms with E-state index in [0.717, 1.165) is 42.5 Å². The number of rotatable bonds is 6. The number of aryl methyl sites for hydroxylation is 3. The lowest BCUT2D eigenvalue weighted by Crippen LogP contribution is -2.19. The van der Waals surface area contributed by atoms with Crippen LogP contribution in [0.15, 0.2) is 24.3 Å². The summed E-state index contributed by atoms with van der Waals surface area (Å²) >= 11 is 6.29. The molecule has 0 aliphatic heterocycles. The highest BCUT2D eigenvalue weighted by Crippen LogP contribution is 2.19. The van der Waals surface area contributed by atoms with Gasteiger partial charge in [-0.3, -0.25) is 4.68 Å². The highest BCUT2D eigenvalue weighted by molar-refractivity contribution is 6.31. The van der Waals surface area contributed by atoms with Crippen LogP contribution in [-0.4, -0.2) is 16.3 Å². The Morgan fingerprint density at radius 2 is 2.00 bits per heavy atom. The van der Waals surface area contributed by atoms with Crippen molar-refractivity contribution in [3.05, 3.63) is 51.8 Å². The molecule has 2 rings (SSSR count). The average Bonchev–Trinajstić information content (AvgIpc) is 2.72. The van der Waals surface area contributed by atoms with Crippen molar-refractivity contribution in [1.82, 2.24) is 15.1 Å². The minimum Gasteiger partial charge on any atom is -0.311 e. The fourth-order valence-corrected chi connectivity index (χ4v) is 2.56. The molecule has 3 nitrogen and oxygen atoms in total. The van der Waals surface area contributed by atoms with E-state index in [1.807, 2.05) is 11.6 Å². The first kappa shape index (κ1) is 15.1. The Morgan fingerprint density at radius 1 is 1.25 bits per heavy atom. The van der Waals surface area contributed by atoms with Crippen LogP contribution in [0.1, 0.15) is 29.4 Å². The quantitative estimate of drug-likeness (QED) is 0.826. The van der Waals surface area contributed by atoms with Gasteiger partial charge in [-0.25, -0.2) is 0 Å². The van der Waals surface area contributed by atoms with E-state index >= 15 is 0 Å².